The van der Waals surface area contributed by atoms with Crippen LogP contribution in [0.2, 0.25) is 0 Å². The lowest BCUT2D eigenvalue weighted by Gasteiger charge is -2.35. The fourth-order valence-corrected chi connectivity index (χ4v) is 8.24. The summed E-state index contributed by atoms with van der Waals surface area (Å²) in [5.41, 5.74) is 10.6. The van der Waals surface area contributed by atoms with Crippen molar-refractivity contribution < 1.29 is 4.42 Å². The molecule has 1 aliphatic carbocycles. The molecule has 0 aliphatic heterocycles. The number of para-hydroxylation sites is 1. The summed E-state index contributed by atoms with van der Waals surface area (Å²) in [7, 11) is 0. The van der Waals surface area contributed by atoms with Crippen molar-refractivity contribution in [3.05, 3.63) is 175 Å². The lowest BCUT2D eigenvalue weighted by atomic mass is 9.69. The molecule has 1 heterocycles. The molecule has 9 rings (SSSR count). The lowest BCUT2D eigenvalue weighted by molar-refractivity contribution is 0.446. The lowest BCUT2D eigenvalue weighted by Crippen LogP contribution is -2.27. The quantitative estimate of drug-likeness (QED) is 0.169. The first kappa shape index (κ1) is 29.5. The zero-order chi connectivity index (χ0) is 32.6. The highest BCUT2D eigenvalue weighted by Gasteiger charge is 2.34. The van der Waals surface area contributed by atoms with Gasteiger partial charge in [-0.05, 0) is 100 Å². The Morgan fingerprint density at radius 3 is 1.78 bits per heavy atom. The van der Waals surface area contributed by atoms with E-state index < -0.39 is 0 Å². The van der Waals surface area contributed by atoms with Crippen LogP contribution in [-0.2, 0) is 5.41 Å². The van der Waals surface area contributed by atoms with Crippen molar-refractivity contribution in [3.8, 4) is 11.1 Å². The Kier molecular flexibility index (Phi) is 7.50. The van der Waals surface area contributed by atoms with Gasteiger partial charge in [0.15, 0.2) is 0 Å². The standard InChI is InChI=1S/C47H39NO/c1-2-11-31-47(30-10-1,38-14-4-3-5-15-38)39-22-26-41(27-23-39)48(42-28-29-46-44(33-42)43-16-8-9-17-45(43)49-46)40-24-20-35(21-25-40)37-19-18-34-12-6-7-13-36(34)32-37/h3-9,12-29,32-33H,1-2,10-11,30-31H2. The number of benzene rings is 7. The van der Waals surface area contributed by atoms with E-state index in [1.165, 1.54) is 71.6 Å². The van der Waals surface area contributed by atoms with Gasteiger partial charge >= 0.3 is 0 Å². The van der Waals surface area contributed by atoms with Crippen molar-refractivity contribution in [1.82, 2.24) is 0 Å². The first-order valence-electron chi connectivity index (χ1n) is 17.7. The van der Waals surface area contributed by atoms with E-state index in [1.807, 2.05) is 12.1 Å². The van der Waals surface area contributed by atoms with Crippen LogP contribution < -0.4 is 4.90 Å². The van der Waals surface area contributed by atoms with E-state index >= 15 is 0 Å². The molecule has 0 spiro atoms. The third kappa shape index (κ3) is 5.38. The number of furan rings is 1. The van der Waals surface area contributed by atoms with Crippen molar-refractivity contribution in [3.63, 3.8) is 0 Å². The predicted molar refractivity (Wildman–Crippen MR) is 206 cm³/mol. The molecule has 49 heavy (non-hydrogen) atoms. The fraction of sp³-hybridized carbons (Fsp3) is 0.149. The van der Waals surface area contributed by atoms with Gasteiger partial charge in [0.1, 0.15) is 11.2 Å². The summed E-state index contributed by atoms with van der Waals surface area (Å²) in [6, 6.07) is 59.9. The molecule has 0 unspecified atom stereocenters. The molecule has 2 heteroatoms. The SMILES string of the molecule is c1ccc(C2(c3ccc(N(c4ccc(-c5ccc6ccccc6c5)cc4)c4ccc5oc6ccccc6c5c4)cc3)CCCCCC2)cc1. The van der Waals surface area contributed by atoms with Gasteiger partial charge in [0, 0.05) is 33.2 Å². The van der Waals surface area contributed by atoms with Gasteiger partial charge in [-0.3, -0.25) is 0 Å². The first-order chi connectivity index (χ1) is 24.2. The van der Waals surface area contributed by atoms with Gasteiger partial charge in [-0.15, -0.1) is 0 Å². The maximum atomic E-state index is 6.22. The number of rotatable bonds is 6. The second-order valence-electron chi connectivity index (χ2n) is 13.6. The summed E-state index contributed by atoms with van der Waals surface area (Å²) < 4.78 is 6.22. The third-order valence-corrected chi connectivity index (χ3v) is 10.8. The van der Waals surface area contributed by atoms with Crippen LogP contribution in [-0.4, -0.2) is 0 Å². The van der Waals surface area contributed by atoms with E-state index in [2.05, 4.69) is 157 Å². The van der Waals surface area contributed by atoms with Crippen molar-refractivity contribution in [2.24, 2.45) is 0 Å². The number of nitrogens with zero attached hydrogens (tertiary/aromatic N) is 1. The molecule has 1 aliphatic rings. The van der Waals surface area contributed by atoms with Crippen molar-refractivity contribution in [2.45, 2.75) is 43.9 Å². The topological polar surface area (TPSA) is 16.4 Å². The largest absolute Gasteiger partial charge is 0.456 e. The molecule has 0 N–H and O–H groups in total. The van der Waals surface area contributed by atoms with Gasteiger partial charge < -0.3 is 9.32 Å². The second-order valence-corrected chi connectivity index (χ2v) is 13.6. The van der Waals surface area contributed by atoms with Crippen LogP contribution in [0.3, 0.4) is 0 Å². The number of hydrogen-bond donors (Lipinski definition) is 0. The van der Waals surface area contributed by atoms with E-state index in [9.17, 15) is 0 Å². The highest BCUT2D eigenvalue weighted by Crippen LogP contribution is 2.46. The summed E-state index contributed by atoms with van der Waals surface area (Å²) in [5.74, 6) is 0. The number of anilines is 3. The average molecular weight is 634 g/mol. The molecule has 0 radical (unpaired) electrons. The zero-order valence-electron chi connectivity index (χ0n) is 27.7. The molecule has 8 aromatic rings. The Morgan fingerprint density at radius 2 is 1.00 bits per heavy atom. The minimum Gasteiger partial charge on any atom is -0.456 e. The molecule has 0 atom stereocenters. The molecule has 0 amide bonds. The van der Waals surface area contributed by atoms with Gasteiger partial charge in [0.05, 0.1) is 0 Å². The molecule has 0 bridgehead atoms. The molecular weight excluding hydrogens is 595 g/mol. The summed E-state index contributed by atoms with van der Waals surface area (Å²) >= 11 is 0. The number of hydrogen-bond acceptors (Lipinski definition) is 2. The first-order valence-corrected chi connectivity index (χ1v) is 17.7. The van der Waals surface area contributed by atoms with Gasteiger partial charge in [0.25, 0.3) is 0 Å². The Bertz CT molecular complexity index is 2380. The van der Waals surface area contributed by atoms with Gasteiger partial charge in [0.2, 0.25) is 0 Å². The maximum absolute atomic E-state index is 6.22. The van der Waals surface area contributed by atoms with Crippen LogP contribution in [0.15, 0.2) is 168 Å². The van der Waals surface area contributed by atoms with Crippen LogP contribution in [0.25, 0.3) is 43.8 Å². The van der Waals surface area contributed by atoms with E-state index in [1.54, 1.807) is 0 Å². The molecule has 7 aromatic carbocycles. The fourth-order valence-electron chi connectivity index (χ4n) is 8.24. The van der Waals surface area contributed by atoms with Crippen LogP contribution >= 0.6 is 0 Å². The Morgan fingerprint density at radius 1 is 0.408 bits per heavy atom. The summed E-state index contributed by atoms with van der Waals surface area (Å²) in [4.78, 5) is 2.39. The van der Waals surface area contributed by atoms with Gasteiger partial charge in [-0.1, -0.05) is 135 Å². The van der Waals surface area contributed by atoms with Crippen LogP contribution in [0.1, 0.15) is 49.7 Å². The highest BCUT2D eigenvalue weighted by molar-refractivity contribution is 6.06. The third-order valence-electron chi connectivity index (χ3n) is 10.8. The van der Waals surface area contributed by atoms with E-state index in [4.69, 9.17) is 4.42 Å². The minimum atomic E-state index is 0.0528. The molecular formula is C47H39NO. The van der Waals surface area contributed by atoms with E-state index in [0.717, 1.165) is 39.0 Å². The van der Waals surface area contributed by atoms with Crippen molar-refractivity contribution >= 4 is 49.8 Å². The molecule has 238 valence electrons. The normalized spacial score (nSPS) is 14.6. The van der Waals surface area contributed by atoms with E-state index in [-0.39, 0.29) is 5.41 Å². The summed E-state index contributed by atoms with van der Waals surface area (Å²) in [5, 5.41) is 4.79. The van der Waals surface area contributed by atoms with Crippen molar-refractivity contribution in [1.29, 1.82) is 0 Å². The summed E-state index contributed by atoms with van der Waals surface area (Å²) in [6.45, 7) is 0. The van der Waals surface area contributed by atoms with Gasteiger partial charge in [-0.25, -0.2) is 0 Å². The zero-order valence-corrected chi connectivity index (χ0v) is 27.7. The summed E-state index contributed by atoms with van der Waals surface area (Å²) in [6.07, 6.45) is 7.57. The monoisotopic (exact) mass is 633 g/mol. The smallest absolute Gasteiger partial charge is 0.135 e. The molecule has 1 saturated carbocycles. The number of fused-ring (bicyclic) bond motifs is 4. The highest BCUT2D eigenvalue weighted by atomic mass is 16.3. The van der Waals surface area contributed by atoms with Gasteiger partial charge in [-0.2, -0.15) is 0 Å². The Labute approximate surface area is 288 Å². The maximum Gasteiger partial charge on any atom is 0.135 e. The molecule has 2 nitrogen and oxygen atoms in total. The second kappa shape index (κ2) is 12.5. The average Bonchev–Trinajstić information content (AvgIpc) is 3.35. The van der Waals surface area contributed by atoms with E-state index in [0.29, 0.717) is 0 Å². The van der Waals surface area contributed by atoms with Crippen molar-refractivity contribution in [2.75, 3.05) is 4.90 Å². The Balaban J connectivity index is 1.15. The molecule has 0 saturated heterocycles. The molecule has 1 aromatic heterocycles. The van der Waals surface area contributed by atoms with Crippen LogP contribution in [0, 0.1) is 0 Å². The van der Waals surface area contributed by atoms with Crippen LogP contribution in [0.4, 0.5) is 17.1 Å². The predicted octanol–water partition coefficient (Wildman–Crippen LogP) is 13.5. The minimum absolute atomic E-state index is 0.0528. The van der Waals surface area contributed by atoms with Crippen LogP contribution in [0.5, 0.6) is 0 Å². The Hall–Kier alpha value is -5.60. The molecule has 1 fully saturated rings.